The van der Waals surface area contributed by atoms with Gasteiger partial charge in [-0.3, -0.25) is 0 Å². The van der Waals surface area contributed by atoms with Gasteiger partial charge < -0.3 is 4.55 Å². The zero-order valence-electron chi connectivity index (χ0n) is 27.1. The first-order chi connectivity index (χ1) is 18.3. The van der Waals surface area contributed by atoms with E-state index in [1.54, 1.807) is 36.8 Å². The highest BCUT2D eigenvalue weighted by Gasteiger charge is 2.37. The molecule has 0 N–H and O–H groups in total. The van der Waals surface area contributed by atoms with E-state index in [4.69, 9.17) is 0 Å². The summed E-state index contributed by atoms with van der Waals surface area (Å²) in [6, 6.07) is 5.78. The van der Waals surface area contributed by atoms with E-state index < -0.39 is 17.4 Å². The zero-order chi connectivity index (χ0) is 29.7. The van der Waals surface area contributed by atoms with Crippen molar-refractivity contribution in [3.8, 4) is 0 Å². The van der Waals surface area contributed by atoms with E-state index in [0.717, 1.165) is 23.3 Å². The van der Waals surface area contributed by atoms with E-state index in [-0.39, 0.29) is 4.90 Å². The molecule has 1 aromatic rings. The molecule has 0 radical (unpaired) electrons. The fourth-order valence-corrected chi connectivity index (χ4v) is 12.3. The molecule has 0 saturated carbocycles. The monoisotopic (exact) mass is 584 g/mol. The average Bonchev–Trinajstić information content (AvgIpc) is 2.83. The second-order valence-corrected chi connectivity index (χ2v) is 19.0. The molecule has 0 unspecified atom stereocenters. The Labute approximate surface area is 245 Å². The molecule has 3 nitrogen and oxygen atoms in total. The molecular formula is C34H65O3PS. The van der Waals surface area contributed by atoms with Gasteiger partial charge in [-0.2, -0.15) is 0 Å². The normalized spacial score (nSPS) is 12.3. The van der Waals surface area contributed by atoms with Gasteiger partial charge in [-0.1, -0.05) is 130 Å². The van der Waals surface area contributed by atoms with Crippen molar-refractivity contribution in [3.05, 3.63) is 29.8 Å². The SMILES string of the molecule is CCCCCCCCCCCCCC[P+](CCC(C)C)(CC(C)C)CC(C)C.Cc1ccc(S(=O)(=O)[O-])cc1. The average molecular weight is 585 g/mol. The van der Waals surface area contributed by atoms with Crippen LogP contribution in [0.1, 0.15) is 138 Å². The van der Waals surface area contributed by atoms with Gasteiger partial charge in [-0.25, -0.2) is 8.42 Å². The molecule has 0 aliphatic carbocycles. The van der Waals surface area contributed by atoms with Crippen LogP contribution in [-0.2, 0) is 10.1 Å². The molecule has 5 heteroatoms. The molecule has 0 aliphatic rings. The Hall–Kier alpha value is -0.440. The second-order valence-electron chi connectivity index (χ2n) is 13.3. The van der Waals surface area contributed by atoms with Crippen LogP contribution in [0, 0.1) is 24.7 Å². The summed E-state index contributed by atoms with van der Waals surface area (Å²) in [4.78, 5) is -0.178. The standard InChI is InChI=1S/C27H58P.C7H8O3S/c1-8-9-10-11-12-13-14-15-16-17-18-19-21-28(23-26(4)5,24-27(6)7)22-20-25(2)3;1-6-2-4-7(5-3-6)11(8,9)10/h25-27H,8-24H2,1-7H3;2-5H,1H3,(H,8,9,10)/q+1;/p-1. The Morgan fingerprint density at radius 2 is 1.05 bits per heavy atom. The van der Waals surface area contributed by atoms with Crippen LogP contribution in [0.3, 0.4) is 0 Å². The van der Waals surface area contributed by atoms with Crippen molar-refractivity contribution >= 4 is 17.4 Å². The molecule has 0 saturated heterocycles. The number of hydrogen-bond acceptors (Lipinski definition) is 3. The Bertz CT molecular complexity index is 790. The van der Waals surface area contributed by atoms with Gasteiger partial charge >= 0.3 is 0 Å². The van der Waals surface area contributed by atoms with Crippen LogP contribution < -0.4 is 0 Å². The van der Waals surface area contributed by atoms with Crippen LogP contribution in [0.5, 0.6) is 0 Å². The first kappa shape index (κ1) is 38.6. The van der Waals surface area contributed by atoms with Crippen molar-refractivity contribution in [2.45, 2.75) is 144 Å². The van der Waals surface area contributed by atoms with Gasteiger partial charge in [0, 0.05) is 7.26 Å². The minimum atomic E-state index is -4.27. The van der Waals surface area contributed by atoms with E-state index in [9.17, 15) is 13.0 Å². The van der Waals surface area contributed by atoms with Gasteiger partial charge in [-0.05, 0) is 56.1 Å². The van der Waals surface area contributed by atoms with Crippen LogP contribution in [-0.4, -0.2) is 37.6 Å². The third-order valence-electron chi connectivity index (χ3n) is 7.48. The van der Waals surface area contributed by atoms with E-state index >= 15 is 0 Å². The van der Waals surface area contributed by atoms with Crippen LogP contribution >= 0.6 is 7.26 Å². The minimum absolute atomic E-state index is 0.178. The summed E-state index contributed by atoms with van der Waals surface area (Å²) in [6.07, 6.45) is 25.4. The summed E-state index contributed by atoms with van der Waals surface area (Å²) in [5.74, 6) is 2.65. The molecule has 39 heavy (non-hydrogen) atoms. The summed E-state index contributed by atoms with van der Waals surface area (Å²) < 4.78 is 31.2. The fraction of sp³-hybridized carbons (Fsp3) is 0.824. The predicted molar refractivity (Wildman–Crippen MR) is 176 cm³/mol. The molecule has 1 rings (SSSR count). The van der Waals surface area contributed by atoms with Gasteiger partial charge in [0.25, 0.3) is 0 Å². The molecule has 0 bridgehead atoms. The lowest BCUT2D eigenvalue weighted by atomic mass is 10.1. The maximum atomic E-state index is 10.4. The number of aryl methyl sites for hydroxylation is 1. The van der Waals surface area contributed by atoms with E-state index in [1.165, 1.54) is 95.6 Å². The van der Waals surface area contributed by atoms with Crippen molar-refractivity contribution in [2.24, 2.45) is 17.8 Å². The number of rotatable bonds is 21. The molecule has 0 aromatic heterocycles. The topological polar surface area (TPSA) is 57.2 Å². The first-order valence-corrected chi connectivity index (χ1v) is 20.1. The van der Waals surface area contributed by atoms with Crippen LogP contribution in [0.4, 0.5) is 0 Å². The lowest BCUT2D eigenvalue weighted by Gasteiger charge is -2.31. The molecular weight excluding hydrogens is 519 g/mol. The van der Waals surface area contributed by atoms with Crippen molar-refractivity contribution < 1.29 is 13.0 Å². The van der Waals surface area contributed by atoms with Crippen molar-refractivity contribution in [3.63, 3.8) is 0 Å². The summed E-state index contributed by atoms with van der Waals surface area (Å²) >= 11 is 0. The quantitative estimate of drug-likeness (QED) is 0.0820. The maximum Gasteiger partial charge on any atom is 0.124 e. The molecule has 0 spiro atoms. The van der Waals surface area contributed by atoms with Crippen LogP contribution in [0.25, 0.3) is 0 Å². The first-order valence-electron chi connectivity index (χ1n) is 16.2. The summed E-state index contributed by atoms with van der Waals surface area (Å²) in [7, 11) is -5.01. The summed E-state index contributed by atoms with van der Waals surface area (Å²) in [5, 5.41) is 0. The molecule has 0 heterocycles. The van der Waals surface area contributed by atoms with Gasteiger partial charge in [0.2, 0.25) is 0 Å². The largest absolute Gasteiger partial charge is 0.744 e. The van der Waals surface area contributed by atoms with Crippen molar-refractivity contribution in [1.29, 1.82) is 0 Å². The zero-order valence-corrected chi connectivity index (χ0v) is 28.9. The van der Waals surface area contributed by atoms with Gasteiger partial charge in [0.05, 0.1) is 29.5 Å². The molecule has 0 atom stereocenters. The van der Waals surface area contributed by atoms with E-state index in [0.29, 0.717) is 0 Å². The highest BCUT2D eigenvalue weighted by atomic mass is 32.2. The lowest BCUT2D eigenvalue weighted by Crippen LogP contribution is -2.19. The third-order valence-corrected chi connectivity index (χ3v) is 13.8. The molecule has 0 amide bonds. The predicted octanol–water partition coefficient (Wildman–Crippen LogP) is 11.0. The van der Waals surface area contributed by atoms with Gasteiger partial charge in [0.15, 0.2) is 0 Å². The molecule has 0 fully saturated rings. The lowest BCUT2D eigenvalue weighted by molar-refractivity contribution is 0.463. The van der Waals surface area contributed by atoms with Crippen molar-refractivity contribution in [2.75, 3.05) is 24.6 Å². The van der Waals surface area contributed by atoms with E-state index in [2.05, 4.69) is 48.5 Å². The Balaban J connectivity index is 0.00000108. The number of benzene rings is 1. The summed E-state index contributed by atoms with van der Waals surface area (Å²) in [6.45, 7) is 18.8. The van der Waals surface area contributed by atoms with Gasteiger partial charge in [-0.15, -0.1) is 0 Å². The highest BCUT2D eigenvalue weighted by Crippen LogP contribution is 2.62. The molecule has 0 aliphatic heterocycles. The van der Waals surface area contributed by atoms with Crippen LogP contribution in [0.15, 0.2) is 29.2 Å². The van der Waals surface area contributed by atoms with E-state index in [1.807, 2.05) is 6.92 Å². The fourth-order valence-electron chi connectivity index (χ4n) is 5.63. The minimum Gasteiger partial charge on any atom is -0.744 e. The third kappa shape index (κ3) is 21.9. The highest BCUT2D eigenvalue weighted by molar-refractivity contribution is 7.85. The Kier molecular flexibility index (Phi) is 21.9. The Morgan fingerprint density at radius 3 is 1.41 bits per heavy atom. The van der Waals surface area contributed by atoms with Gasteiger partial charge in [0.1, 0.15) is 10.1 Å². The maximum absolute atomic E-state index is 10.4. The smallest absolute Gasteiger partial charge is 0.124 e. The molecule has 230 valence electrons. The molecule has 1 aromatic carbocycles. The second kappa shape index (κ2) is 22.2. The summed E-state index contributed by atoms with van der Waals surface area (Å²) in [5.41, 5.74) is 0.928. The number of unbranched alkanes of at least 4 members (excludes halogenated alkanes) is 11. The van der Waals surface area contributed by atoms with Crippen LogP contribution in [0.2, 0.25) is 0 Å². The Morgan fingerprint density at radius 1 is 0.641 bits per heavy atom. The van der Waals surface area contributed by atoms with Crippen molar-refractivity contribution in [1.82, 2.24) is 0 Å². The number of hydrogen-bond donors (Lipinski definition) is 0.